The summed E-state index contributed by atoms with van der Waals surface area (Å²) < 4.78 is 5.18. The van der Waals surface area contributed by atoms with Gasteiger partial charge in [0, 0.05) is 0 Å². The van der Waals surface area contributed by atoms with Gasteiger partial charge >= 0.3 is 11.9 Å². The summed E-state index contributed by atoms with van der Waals surface area (Å²) in [4.78, 5) is 21.9. The van der Waals surface area contributed by atoms with Crippen LogP contribution in [-0.4, -0.2) is 18.0 Å². The van der Waals surface area contributed by atoms with Crippen LogP contribution in [0.2, 0.25) is 0 Å². The molecule has 1 fully saturated rings. The minimum absolute atomic E-state index is 0.149. The van der Waals surface area contributed by atoms with Crippen LogP contribution in [0.3, 0.4) is 0 Å². The Morgan fingerprint density at radius 3 is 2.44 bits per heavy atom. The zero-order valence-electron chi connectivity index (χ0n) is 10.2. The van der Waals surface area contributed by atoms with Gasteiger partial charge in [-0.1, -0.05) is 27.2 Å². The molecule has 4 heteroatoms. The van der Waals surface area contributed by atoms with Crippen molar-refractivity contribution in [3.63, 3.8) is 0 Å². The molecule has 2 N–H and O–H groups in total. The molecular weight excluding hydrogens is 206 g/mol. The highest BCUT2D eigenvalue weighted by atomic mass is 16.5. The van der Waals surface area contributed by atoms with Gasteiger partial charge in [-0.25, -0.2) is 4.79 Å². The highest BCUT2D eigenvalue weighted by Gasteiger charge is 2.34. The lowest BCUT2D eigenvalue weighted by atomic mass is 9.75. The molecule has 3 atom stereocenters. The summed E-state index contributed by atoms with van der Waals surface area (Å²) in [7, 11) is 0. The van der Waals surface area contributed by atoms with Crippen LogP contribution in [0.15, 0.2) is 0 Å². The normalized spacial score (nSPS) is 30.1. The maximum Gasteiger partial charge on any atom is 0.396 e. The van der Waals surface area contributed by atoms with E-state index in [-0.39, 0.29) is 6.10 Å². The monoisotopic (exact) mass is 227 g/mol. The summed E-state index contributed by atoms with van der Waals surface area (Å²) in [5.41, 5.74) is 4.90. The van der Waals surface area contributed by atoms with E-state index in [0.29, 0.717) is 17.8 Å². The average Bonchev–Trinajstić information content (AvgIpc) is 2.16. The van der Waals surface area contributed by atoms with Crippen molar-refractivity contribution in [1.82, 2.24) is 0 Å². The van der Waals surface area contributed by atoms with Gasteiger partial charge in [-0.05, 0) is 30.6 Å². The summed E-state index contributed by atoms with van der Waals surface area (Å²) in [6.45, 7) is 6.37. The number of hydrogen-bond acceptors (Lipinski definition) is 3. The van der Waals surface area contributed by atoms with Gasteiger partial charge in [-0.15, -0.1) is 0 Å². The van der Waals surface area contributed by atoms with E-state index in [0.717, 1.165) is 19.3 Å². The number of carbonyl (C=O) groups is 2. The van der Waals surface area contributed by atoms with Gasteiger partial charge in [-0.3, -0.25) is 4.79 Å². The Morgan fingerprint density at radius 2 is 1.94 bits per heavy atom. The smallest absolute Gasteiger partial charge is 0.396 e. The highest BCUT2D eigenvalue weighted by molar-refractivity contribution is 6.31. The third-order valence-electron chi connectivity index (χ3n) is 3.42. The molecule has 0 aromatic carbocycles. The molecule has 0 aromatic rings. The van der Waals surface area contributed by atoms with Crippen LogP contribution in [0.1, 0.15) is 40.0 Å². The summed E-state index contributed by atoms with van der Waals surface area (Å²) >= 11 is 0. The molecule has 0 bridgehead atoms. The predicted octanol–water partition coefficient (Wildman–Crippen LogP) is 1.48. The van der Waals surface area contributed by atoms with Crippen LogP contribution >= 0.6 is 0 Å². The standard InChI is InChI=1S/C12H21NO3/c1-7(2)9-5-4-8(3)6-10(9)16-12(15)11(13)14/h7-10H,4-6H2,1-3H3,(H2,13,14)/t8-,9+,10-/m1/s1. The van der Waals surface area contributed by atoms with Crippen molar-refractivity contribution in [3.8, 4) is 0 Å². The third-order valence-corrected chi connectivity index (χ3v) is 3.42. The molecule has 1 saturated carbocycles. The number of nitrogens with two attached hydrogens (primary N) is 1. The van der Waals surface area contributed by atoms with Crippen molar-refractivity contribution in [1.29, 1.82) is 0 Å². The first-order valence-corrected chi connectivity index (χ1v) is 5.92. The van der Waals surface area contributed by atoms with Crippen molar-refractivity contribution >= 4 is 11.9 Å². The molecule has 0 heterocycles. The molecule has 0 spiro atoms. The minimum Gasteiger partial charge on any atom is -0.455 e. The lowest BCUT2D eigenvalue weighted by Crippen LogP contribution is -2.39. The van der Waals surface area contributed by atoms with Gasteiger partial charge in [0.05, 0.1) is 0 Å². The van der Waals surface area contributed by atoms with Gasteiger partial charge in [0.2, 0.25) is 0 Å². The molecule has 0 aromatic heterocycles. The second-order valence-electron chi connectivity index (χ2n) is 5.13. The minimum atomic E-state index is -0.999. The Bertz CT molecular complexity index is 275. The Morgan fingerprint density at radius 1 is 1.31 bits per heavy atom. The maximum absolute atomic E-state index is 11.2. The van der Waals surface area contributed by atoms with Crippen molar-refractivity contribution in [2.24, 2.45) is 23.5 Å². The Labute approximate surface area is 96.5 Å². The molecule has 0 aliphatic heterocycles. The quantitative estimate of drug-likeness (QED) is 0.573. The van der Waals surface area contributed by atoms with E-state index in [1.54, 1.807) is 0 Å². The first-order valence-electron chi connectivity index (χ1n) is 5.92. The van der Waals surface area contributed by atoms with Gasteiger partial charge in [0.1, 0.15) is 6.10 Å². The van der Waals surface area contributed by atoms with Gasteiger partial charge in [0.15, 0.2) is 0 Å². The van der Waals surface area contributed by atoms with E-state index < -0.39 is 11.9 Å². The molecule has 16 heavy (non-hydrogen) atoms. The molecule has 0 unspecified atom stereocenters. The average molecular weight is 227 g/mol. The van der Waals surface area contributed by atoms with E-state index in [9.17, 15) is 9.59 Å². The van der Waals surface area contributed by atoms with Crippen molar-refractivity contribution in [2.45, 2.75) is 46.1 Å². The van der Waals surface area contributed by atoms with Gasteiger partial charge < -0.3 is 10.5 Å². The fraction of sp³-hybridized carbons (Fsp3) is 0.833. The summed E-state index contributed by atoms with van der Waals surface area (Å²) in [6.07, 6.45) is 2.90. The van der Waals surface area contributed by atoms with Crippen LogP contribution in [0.4, 0.5) is 0 Å². The van der Waals surface area contributed by atoms with Crippen molar-refractivity contribution in [3.05, 3.63) is 0 Å². The second kappa shape index (κ2) is 5.32. The molecule has 1 aliphatic carbocycles. The van der Waals surface area contributed by atoms with E-state index in [2.05, 4.69) is 20.8 Å². The number of carbonyl (C=O) groups excluding carboxylic acids is 2. The fourth-order valence-corrected chi connectivity index (χ4v) is 2.45. The number of amides is 1. The largest absolute Gasteiger partial charge is 0.455 e. The molecule has 0 radical (unpaired) electrons. The van der Waals surface area contributed by atoms with Crippen LogP contribution in [0.25, 0.3) is 0 Å². The third kappa shape index (κ3) is 3.22. The Balaban J connectivity index is 2.64. The topological polar surface area (TPSA) is 69.4 Å². The molecule has 4 nitrogen and oxygen atoms in total. The maximum atomic E-state index is 11.2. The first-order chi connectivity index (χ1) is 7.41. The number of rotatable bonds is 2. The van der Waals surface area contributed by atoms with Crippen LogP contribution in [-0.2, 0) is 14.3 Å². The fourth-order valence-electron chi connectivity index (χ4n) is 2.45. The van der Waals surface area contributed by atoms with Gasteiger partial charge in [-0.2, -0.15) is 0 Å². The van der Waals surface area contributed by atoms with Crippen LogP contribution in [0.5, 0.6) is 0 Å². The van der Waals surface area contributed by atoms with Crippen molar-refractivity contribution < 1.29 is 14.3 Å². The molecular formula is C12H21NO3. The van der Waals surface area contributed by atoms with E-state index >= 15 is 0 Å². The zero-order valence-corrected chi connectivity index (χ0v) is 10.2. The van der Waals surface area contributed by atoms with Gasteiger partial charge in [0.25, 0.3) is 0 Å². The number of esters is 1. The lowest BCUT2D eigenvalue weighted by Gasteiger charge is -2.36. The van der Waals surface area contributed by atoms with Crippen LogP contribution in [0, 0.1) is 17.8 Å². The molecule has 0 saturated heterocycles. The highest BCUT2D eigenvalue weighted by Crippen LogP contribution is 2.35. The van der Waals surface area contributed by atoms with E-state index in [1.165, 1.54) is 0 Å². The molecule has 1 amide bonds. The number of ether oxygens (including phenoxy) is 1. The Kier molecular flexibility index (Phi) is 4.33. The second-order valence-corrected chi connectivity index (χ2v) is 5.13. The molecule has 1 aliphatic rings. The first kappa shape index (κ1) is 13.0. The van der Waals surface area contributed by atoms with E-state index in [1.807, 2.05) is 0 Å². The van der Waals surface area contributed by atoms with Crippen LogP contribution < -0.4 is 5.73 Å². The molecule has 1 rings (SSSR count). The summed E-state index contributed by atoms with van der Waals surface area (Å²) in [5, 5.41) is 0. The van der Waals surface area contributed by atoms with E-state index in [4.69, 9.17) is 10.5 Å². The van der Waals surface area contributed by atoms with Crippen molar-refractivity contribution in [2.75, 3.05) is 0 Å². The zero-order chi connectivity index (χ0) is 12.3. The summed E-state index contributed by atoms with van der Waals surface area (Å²) in [6, 6.07) is 0. The Hall–Kier alpha value is -1.06. The SMILES string of the molecule is CC(C)[C@@H]1CC[C@@H](C)C[C@H]1OC(=O)C(N)=O. The lowest BCUT2D eigenvalue weighted by molar-refractivity contribution is -0.162. The molecule has 92 valence electrons. The number of primary amides is 1. The predicted molar refractivity (Wildman–Crippen MR) is 60.4 cm³/mol. The number of hydrogen-bond donors (Lipinski definition) is 1. The summed E-state index contributed by atoms with van der Waals surface area (Å²) in [5.74, 6) is -0.552.